The number of halogens is 2. The predicted molar refractivity (Wildman–Crippen MR) is 329 cm³/mol. The fourth-order valence-electron chi connectivity index (χ4n) is 9.91. The lowest BCUT2D eigenvalue weighted by molar-refractivity contribution is 0.0719. The highest BCUT2D eigenvalue weighted by Crippen LogP contribution is 2.28. The maximum Gasteiger partial charge on any atom is 0.343 e. The van der Waals surface area contributed by atoms with E-state index in [4.69, 9.17) is 33.2 Å². The molecule has 5 aromatic rings. The molecule has 458 valence electrons. The molecule has 0 spiro atoms. The molecule has 0 aromatic heterocycles. The van der Waals surface area contributed by atoms with Crippen LogP contribution in [0.4, 0.5) is 8.78 Å². The Morgan fingerprint density at radius 2 is 0.571 bits per heavy atom. The maximum atomic E-state index is 15.3. The number of carbonyl (C=O) groups is 4. The first-order valence-electron chi connectivity index (χ1n) is 31.7. The van der Waals surface area contributed by atoms with E-state index in [0.29, 0.717) is 24.7 Å². The van der Waals surface area contributed by atoms with Gasteiger partial charge in [-0.05, 0) is 116 Å². The molecule has 0 radical (unpaired) electrons. The highest BCUT2D eigenvalue weighted by atomic mass is 19.1. The van der Waals surface area contributed by atoms with Crippen molar-refractivity contribution < 1.29 is 61.1 Å². The third-order valence-electron chi connectivity index (χ3n) is 15.0. The molecule has 0 aliphatic heterocycles. The molecule has 0 heterocycles. The number of hydrogen-bond acceptors (Lipinski definition) is 11. The van der Waals surface area contributed by atoms with Crippen LogP contribution >= 0.6 is 0 Å². The van der Waals surface area contributed by atoms with Crippen LogP contribution in [0.1, 0.15) is 261 Å². The molecule has 0 aliphatic carbocycles. The van der Waals surface area contributed by atoms with Crippen LogP contribution in [0.2, 0.25) is 0 Å². The van der Waals surface area contributed by atoms with Gasteiger partial charge in [0.1, 0.15) is 28.7 Å². The van der Waals surface area contributed by atoms with Crippen molar-refractivity contribution in [3.05, 3.63) is 137 Å². The zero-order valence-electron chi connectivity index (χ0n) is 50.6. The van der Waals surface area contributed by atoms with Crippen molar-refractivity contribution in [1.82, 2.24) is 0 Å². The molecule has 11 nitrogen and oxygen atoms in total. The highest BCUT2D eigenvalue weighted by Gasteiger charge is 2.22. The van der Waals surface area contributed by atoms with Crippen LogP contribution < -0.4 is 33.2 Å². The minimum absolute atomic E-state index is 0.0403. The Kier molecular flexibility index (Phi) is 33.4. The zero-order valence-corrected chi connectivity index (χ0v) is 50.6. The van der Waals surface area contributed by atoms with Gasteiger partial charge >= 0.3 is 23.9 Å². The Labute approximate surface area is 499 Å². The highest BCUT2D eigenvalue weighted by molar-refractivity contribution is 5.98. The molecule has 0 saturated carbocycles. The van der Waals surface area contributed by atoms with Gasteiger partial charge in [-0.2, -0.15) is 0 Å². The molecule has 0 saturated heterocycles. The quantitative estimate of drug-likeness (QED) is 0.0210. The van der Waals surface area contributed by atoms with Gasteiger partial charge in [-0.15, -0.1) is 0 Å². The summed E-state index contributed by atoms with van der Waals surface area (Å²) >= 11 is 0. The van der Waals surface area contributed by atoms with Crippen LogP contribution in [0.3, 0.4) is 0 Å². The Hall–Kier alpha value is -6.76. The van der Waals surface area contributed by atoms with Gasteiger partial charge in [-0.3, -0.25) is 0 Å². The van der Waals surface area contributed by atoms with E-state index >= 15 is 8.78 Å². The Balaban J connectivity index is 0.965. The number of rotatable bonds is 45. The van der Waals surface area contributed by atoms with Gasteiger partial charge in [0.15, 0.2) is 23.1 Å². The summed E-state index contributed by atoms with van der Waals surface area (Å²) in [6.45, 7) is 5.70. The summed E-state index contributed by atoms with van der Waals surface area (Å²) in [6, 6.07) is 23.3. The fourth-order valence-corrected chi connectivity index (χ4v) is 9.91. The third kappa shape index (κ3) is 27.3. The normalized spacial score (nSPS) is 11.1. The van der Waals surface area contributed by atoms with Crippen molar-refractivity contribution in [3.63, 3.8) is 0 Å². The van der Waals surface area contributed by atoms with Gasteiger partial charge in [0.05, 0.1) is 42.6 Å². The fraction of sp³-hybridized carbons (Fsp3) is 0.521. The number of esters is 4. The smallest absolute Gasteiger partial charge is 0.343 e. The number of carbonyl (C=O) groups excluding carboxylic acids is 4. The number of ether oxygens (including phenoxy) is 7. The lowest BCUT2D eigenvalue weighted by Crippen LogP contribution is -2.15. The van der Waals surface area contributed by atoms with Crippen LogP contribution in [-0.4, -0.2) is 44.2 Å². The van der Waals surface area contributed by atoms with E-state index in [9.17, 15) is 19.2 Å². The molecule has 0 N–H and O–H groups in total. The lowest BCUT2D eigenvalue weighted by Gasteiger charge is -2.11. The van der Waals surface area contributed by atoms with E-state index in [-0.39, 0.29) is 39.5 Å². The van der Waals surface area contributed by atoms with E-state index in [0.717, 1.165) is 56.0 Å². The SMILES string of the molecule is CCCCCCCCCCCCCCCCCCOc1ccc(OC(=O)c2ccc(OC(=O)c3cc(OC)cc(C(=O)Oc4ccc(C(=O)Oc5ccc(OCCCCCCCCCCCCCCCCCC)cc5)cc4F)c3)c(F)c2)cc1. The molecule has 0 atom stereocenters. The lowest BCUT2D eigenvalue weighted by atomic mass is 10.0. The summed E-state index contributed by atoms with van der Waals surface area (Å²) in [6.07, 6.45) is 41.6. The predicted octanol–water partition coefficient (Wildman–Crippen LogP) is 20.1. The monoisotopic (exact) mass is 1160 g/mol. The molecule has 5 aromatic carbocycles. The average molecular weight is 1160 g/mol. The second-order valence-electron chi connectivity index (χ2n) is 22.0. The third-order valence-corrected chi connectivity index (χ3v) is 15.0. The largest absolute Gasteiger partial charge is 0.497 e. The van der Waals surface area contributed by atoms with Crippen molar-refractivity contribution in [2.75, 3.05) is 20.3 Å². The second-order valence-corrected chi connectivity index (χ2v) is 22.0. The van der Waals surface area contributed by atoms with E-state index in [1.807, 2.05) is 0 Å². The summed E-state index contributed by atoms with van der Waals surface area (Å²) in [5.41, 5.74) is -0.720. The first-order chi connectivity index (χ1) is 41.1. The van der Waals surface area contributed by atoms with Gasteiger partial charge < -0.3 is 33.2 Å². The van der Waals surface area contributed by atoms with Crippen molar-refractivity contribution in [1.29, 1.82) is 0 Å². The van der Waals surface area contributed by atoms with Crippen LogP contribution in [0, 0.1) is 11.6 Å². The van der Waals surface area contributed by atoms with Crippen molar-refractivity contribution in [2.24, 2.45) is 0 Å². The first kappa shape index (κ1) is 68.0. The van der Waals surface area contributed by atoms with Gasteiger partial charge in [-0.25, -0.2) is 28.0 Å². The molecular formula is C71H94F2O11. The summed E-state index contributed by atoms with van der Waals surface area (Å²) in [5, 5.41) is 0. The first-order valence-corrected chi connectivity index (χ1v) is 31.7. The summed E-state index contributed by atoms with van der Waals surface area (Å²) < 4.78 is 69.2. The topological polar surface area (TPSA) is 133 Å². The molecule has 0 aliphatic rings. The molecule has 0 unspecified atom stereocenters. The van der Waals surface area contributed by atoms with Crippen LogP contribution in [0.25, 0.3) is 0 Å². The van der Waals surface area contributed by atoms with E-state index in [2.05, 4.69) is 13.8 Å². The van der Waals surface area contributed by atoms with Crippen LogP contribution in [0.5, 0.6) is 40.2 Å². The number of hydrogen-bond donors (Lipinski definition) is 0. The Morgan fingerprint density at radius 3 is 0.857 bits per heavy atom. The Bertz CT molecular complexity index is 2490. The number of unbranched alkanes of at least 4 members (excludes halogenated alkanes) is 30. The van der Waals surface area contributed by atoms with Crippen LogP contribution in [0.15, 0.2) is 103 Å². The van der Waals surface area contributed by atoms with Crippen molar-refractivity contribution in [3.8, 4) is 40.2 Å². The minimum Gasteiger partial charge on any atom is -0.497 e. The van der Waals surface area contributed by atoms with Gasteiger partial charge in [-0.1, -0.05) is 206 Å². The molecule has 5 rings (SSSR count). The standard InChI is InChI=1S/C71H94F2O11/c1-4-6-8-10-12-14-16-18-20-22-24-26-28-30-32-34-48-79-59-38-42-61(43-39-59)81-68(74)55-36-46-66(64(72)53-55)83-70(76)57-50-58(52-63(51-57)78-3)71(77)84-67-47-37-56(54-65(67)73)69(75)82-62-44-40-60(41-45-62)80-49-35-33-31-29-27-25-23-21-19-17-15-13-11-9-7-5-2/h36-47,50-54H,4-35,48-49H2,1-3H3. The molecule has 0 amide bonds. The molecular weight excluding hydrogens is 1070 g/mol. The molecule has 0 fully saturated rings. The zero-order chi connectivity index (χ0) is 59.8. The summed E-state index contributed by atoms with van der Waals surface area (Å²) in [5.74, 6) is -5.08. The van der Waals surface area contributed by atoms with Crippen LogP contribution in [-0.2, 0) is 0 Å². The van der Waals surface area contributed by atoms with Gasteiger partial charge in [0.2, 0.25) is 0 Å². The maximum absolute atomic E-state index is 15.3. The average Bonchev–Trinajstić information content (AvgIpc) is 3.63. The van der Waals surface area contributed by atoms with E-state index in [1.165, 1.54) is 211 Å². The molecule has 0 bridgehead atoms. The van der Waals surface area contributed by atoms with E-state index < -0.39 is 47.0 Å². The molecule has 84 heavy (non-hydrogen) atoms. The summed E-state index contributed by atoms with van der Waals surface area (Å²) in [7, 11) is 1.30. The Morgan fingerprint density at radius 1 is 0.298 bits per heavy atom. The summed E-state index contributed by atoms with van der Waals surface area (Å²) in [4.78, 5) is 52.5. The van der Waals surface area contributed by atoms with Crippen molar-refractivity contribution >= 4 is 23.9 Å². The minimum atomic E-state index is -1.07. The second kappa shape index (κ2) is 41.3. The van der Waals surface area contributed by atoms with Gasteiger partial charge in [0, 0.05) is 0 Å². The number of benzene rings is 5. The molecule has 13 heteroatoms. The number of methoxy groups -OCH3 is 1. The van der Waals surface area contributed by atoms with Crippen molar-refractivity contribution in [2.45, 2.75) is 219 Å². The van der Waals surface area contributed by atoms with Gasteiger partial charge in [0.25, 0.3) is 0 Å². The van der Waals surface area contributed by atoms with E-state index in [1.54, 1.807) is 48.5 Å².